The van der Waals surface area contributed by atoms with Crippen LogP contribution in [0.25, 0.3) is 0 Å². The molecule has 0 bridgehead atoms. The molecule has 1 N–H and O–H groups in total. The Labute approximate surface area is 148 Å². The summed E-state index contributed by atoms with van der Waals surface area (Å²) in [6.45, 7) is 3.44. The highest BCUT2D eigenvalue weighted by atomic mass is 16.5. The topological polar surface area (TPSA) is 79.3 Å². The van der Waals surface area contributed by atoms with Gasteiger partial charge in [0.2, 0.25) is 0 Å². The van der Waals surface area contributed by atoms with Crippen molar-refractivity contribution in [1.82, 2.24) is 0 Å². The Balaban J connectivity index is 1.86. The number of benzene rings is 1. The molecule has 7 nitrogen and oxygen atoms in total. The van der Waals surface area contributed by atoms with Crippen molar-refractivity contribution in [3.05, 3.63) is 24.3 Å². The minimum Gasteiger partial charge on any atom is -0.463 e. The first-order valence-electron chi connectivity index (χ1n) is 8.54. The number of hydrogen-bond acceptors (Lipinski definition) is 6. The van der Waals surface area contributed by atoms with E-state index in [0.29, 0.717) is 26.1 Å². The molecule has 1 fully saturated rings. The molecule has 1 amide bonds. The van der Waals surface area contributed by atoms with Crippen LogP contribution in [-0.4, -0.2) is 63.0 Å². The molecule has 1 aliphatic heterocycles. The number of hydrogen-bond donors (Lipinski definition) is 1. The Morgan fingerprint density at radius 3 is 2.76 bits per heavy atom. The monoisotopic (exact) mass is 350 g/mol. The summed E-state index contributed by atoms with van der Waals surface area (Å²) in [6.07, 6.45) is 0.336. The van der Waals surface area contributed by atoms with Crippen molar-refractivity contribution in [2.24, 2.45) is 0 Å². The van der Waals surface area contributed by atoms with Crippen molar-refractivity contribution in [2.45, 2.75) is 25.9 Å². The van der Waals surface area contributed by atoms with Crippen molar-refractivity contribution in [3.8, 4) is 0 Å². The Morgan fingerprint density at radius 2 is 2.12 bits per heavy atom. The van der Waals surface area contributed by atoms with Gasteiger partial charge in [-0.15, -0.1) is 0 Å². The average Bonchev–Trinajstić information content (AvgIpc) is 2.61. The maximum Gasteiger partial charge on any atom is 0.305 e. The van der Waals surface area contributed by atoms with Crippen LogP contribution in [0.5, 0.6) is 0 Å². The minimum atomic E-state index is -0.758. The fraction of sp³-hybridized carbons (Fsp3) is 0.556. The molecule has 1 aromatic carbocycles. The molecular formula is C18H26N2O5. The van der Waals surface area contributed by atoms with Crippen molar-refractivity contribution in [1.29, 1.82) is 0 Å². The fourth-order valence-corrected chi connectivity index (χ4v) is 2.62. The van der Waals surface area contributed by atoms with E-state index in [1.54, 1.807) is 4.90 Å². The molecule has 25 heavy (non-hydrogen) atoms. The molecule has 1 aromatic rings. The number of anilines is 2. The number of aliphatic hydroxyl groups excluding tert-OH is 1. The molecule has 0 aromatic heterocycles. The van der Waals surface area contributed by atoms with E-state index in [9.17, 15) is 14.7 Å². The number of rotatable bonds is 8. The summed E-state index contributed by atoms with van der Waals surface area (Å²) in [5, 5.41) is 10.0. The Bertz CT molecular complexity index is 575. The highest BCUT2D eigenvalue weighted by Crippen LogP contribution is 2.21. The maximum absolute atomic E-state index is 11.8. The first kappa shape index (κ1) is 19.2. The van der Waals surface area contributed by atoms with E-state index in [2.05, 4.69) is 0 Å². The zero-order chi connectivity index (χ0) is 18.2. The van der Waals surface area contributed by atoms with Crippen LogP contribution in [0.4, 0.5) is 11.4 Å². The third-order valence-corrected chi connectivity index (χ3v) is 3.96. The highest BCUT2D eigenvalue weighted by Gasteiger charge is 2.20. The lowest BCUT2D eigenvalue weighted by Gasteiger charge is -2.28. The summed E-state index contributed by atoms with van der Waals surface area (Å²) in [7, 11) is 1.85. The number of likely N-dealkylation sites (N-methyl/N-ethyl adjacent to an activating group) is 1. The lowest BCUT2D eigenvalue weighted by atomic mass is 10.2. The molecule has 0 spiro atoms. The standard InChI is InChI=1S/C18H26N2O5/c1-3-4-18(23)25-12-16(21)11-19(2)14-5-7-15(8-6-14)20-9-10-24-13-17(20)22/h5-8,16,21H,3-4,9-13H2,1-2H3. The van der Waals surface area contributed by atoms with Crippen molar-refractivity contribution >= 4 is 23.3 Å². The van der Waals surface area contributed by atoms with E-state index in [4.69, 9.17) is 9.47 Å². The summed E-state index contributed by atoms with van der Waals surface area (Å²) in [6, 6.07) is 7.55. The SMILES string of the molecule is CCCC(=O)OCC(O)CN(C)c1ccc(N2CCOCC2=O)cc1. The van der Waals surface area contributed by atoms with Crippen molar-refractivity contribution in [2.75, 3.05) is 49.8 Å². The largest absolute Gasteiger partial charge is 0.463 e. The first-order chi connectivity index (χ1) is 12.0. The van der Waals surface area contributed by atoms with Gasteiger partial charge in [-0.25, -0.2) is 0 Å². The maximum atomic E-state index is 11.8. The van der Waals surface area contributed by atoms with E-state index < -0.39 is 6.10 Å². The Morgan fingerprint density at radius 1 is 1.40 bits per heavy atom. The normalized spacial score (nSPS) is 15.8. The van der Waals surface area contributed by atoms with Gasteiger partial charge in [0.15, 0.2) is 0 Å². The fourth-order valence-electron chi connectivity index (χ4n) is 2.62. The van der Waals surface area contributed by atoms with Gasteiger partial charge in [0.25, 0.3) is 5.91 Å². The summed E-state index contributed by atoms with van der Waals surface area (Å²) in [5.41, 5.74) is 1.74. The molecule has 138 valence electrons. The average molecular weight is 350 g/mol. The van der Waals surface area contributed by atoms with E-state index in [1.807, 2.05) is 43.1 Å². The Kier molecular flexibility index (Phi) is 7.21. The van der Waals surface area contributed by atoms with Crippen LogP contribution >= 0.6 is 0 Å². The van der Waals surface area contributed by atoms with Gasteiger partial charge in [0.1, 0.15) is 19.3 Å². The second kappa shape index (κ2) is 9.39. The van der Waals surface area contributed by atoms with Gasteiger partial charge in [-0.3, -0.25) is 9.59 Å². The molecule has 1 saturated heterocycles. The van der Waals surface area contributed by atoms with Crippen LogP contribution in [0, 0.1) is 0 Å². The molecule has 0 aliphatic carbocycles. The third kappa shape index (κ3) is 5.72. The highest BCUT2D eigenvalue weighted by molar-refractivity contribution is 5.95. The molecule has 7 heteroatoms. The number of carbonyl (C=O) groups excluding carboxylic acids is 2. The summed E-state index contributed by atoms with van der Waals surface area (Å²) in [4.78, 5) is 26.8. The first-order valence-corrected chi connectivity index (χ1v) is 8.54. The lowest BCUT2D eigenvalue weighted by molar-refractivity contribution is -0.146. The second-order valence-corrected chi connectivity index (χ2v) is 6.08. The number of carbonyl (C=O) groups is 2. The van der Waals surface area contributed by atoms with Crippen LogP contribution in [-0.2, 0) is 19.1 Å². The van der Waals surface area contributed by atoms with Gasteiger partial charge in [0, 0.05) is 37.9 Å². The molecule has 1 unspecified atom stereocenters. The minimum absolute atomic E-state index is 0.0104. The summed E-state index contributed by atoms with van der Waals surface area (Å²) < 4.78 is 10.2. The van der Waals surface area contributed by atoms with Crippen LogP contribution in [0.2, 0.25) is 0 Å². The van der Waals surface area contributed by atoms with Crippen LogP contribution in [0.1, 0.15) is 19.8 Å². The number of amides is 1. The molecule has 1 heterocycles. The van der Waals surface area contributed by atoms with Crippen LogP contribution in [0.3, 0.4) is 0 Å². The van der Waals surface area contributed by atoms with Gasteiger partial charge in [-0.05, 0) is 30.7 Å². The van der Waals surface area contributed by atoms with Crippen molar-refractivity contribution < 1.29 is 24.2 Å². The van der Waals surface area contributed by atoms with Crippen molar-refractivity contribution in [3.63, 3.8) is 0 Å². The Hall–Kier alpha value is -2.12. The number of nitrogens with zero attached hydrogens (tertiary/aromatic N) is 2. The summed E-state index contributed by atoms with van der Waals surface area (Å²) in [5.74, 6) is -0.333. The smallest absolute Gasteiger partial charge is 0.305 e. The molecular weight excluding hydrogens is 324 g/mol. The molecule has 0 radical (unpaired) electrons. The predicted molar refractivity (Wildman–Crippen MR) is 94.8 cm³/mol. The van der Waals surface area contributed by atoms with Crippen LogP contribution < -0.4 is 9.80 Å². The number of ether oxygens (including phenoxy) is 2. The third-order valence-electron chi connectivity index (χ3n) is 3.96. The summed E-state index contributed by atoms with van der Waals surface area (Å²) >= 11 is 0. The van der Waals surface area contributed by atoms with Gasteiger partial charge in [-0.1, -0.05) is 6.92 Å². The van der Waals surface area contributed by atoms with Gasteiger partial charge < -0.3 is 24.4 Å². The van der Waals surface area contributed by atoms with Gasteiger partial charge in [0.05, 0.1) is 6.61 Å². The van der Waals surface area contributed by atoms with E-state index >= 15 is 0 Å². The zero-order valence-corrected chi connectivity index (χ0v) is 14.8. The molecule has 1 aliphatic rings. The van der Waals surface area contributed by atoms with Crippen LogP contribution in [0.15, 0.2) is 24.3 Å². The molecule has 2 rings (SSSR count). The van der Waals surface area contributed by atoms with E-state index in [1.165, 1.54) is 0 Å². The number of aliphatic hydroxyl groups is 1. The second-order valence-electron chi connectivity index (χ2n) is 6.08. The number of esters is 1. The van der Waals surface area contributed by atoms with Gasteiger partial charge in [-0.2, -0.15) is 0 Å². The van der Waals surface area contributed by atoms with Gasteiger partial charge >= 0.3 is 5.97 Å². The molecule has 1 atom stereocenters. The van der Waals surface area contributed by atoms with E-state index in [-0.39, 0.29) is 25.1 Å². The number of morpholine rings is 1. The molecule has 0 saturated carbocycles. The zero-order valence-electron chi connectivity index (χ0n) is 14.8. The van der Waals surface area contributed by atoms with E-state index in [0.717, 1.165) is 17.8 Å². The predicted octanol–water partition coefficient (Wildman–Crippen LogP) is 1.19. The quantitative estimate of drug-likeness (QED) is 0.710. The lowest BCUT2D eigenvalue weighted by Crippen LogP contribution is -2.41.